The van der Waals surface area contributed by atoms with Crippen molar-refractivity contribution in [3.8, 4) is 11.4 Å². The third-order valence-corrected chi connectivity index (χ3v) is 4.91. The molecule has 8 nitrogen and oxygen atoms in total. The average Bonchev–Trinajstić information content (AvgIpc) is 3.17. The molecule has 0 aliphatic carbocycles. The second-order valence-electron chi connectivity index (χ2n) is 7.17. The lowest BCUT2D eigenvalue weighted by molar-refractivity contribution is 0.363. The molecular formula is C20H25N7O. The van der Waals surface area contributed by atoms with Crippen molar-refractivity contribution >= 4 is 5.95 Å². The fourth-order valence-corrected chi connectivity index (χ4v) is 3.48. The molecule has 0 unspecified atom stereocenters. The quantitative estimate of drug-likeness (QED) is 0.698. The van der Waals surface area contributed by atoms with Crippen LogP contribution in [-0.2, 0) is 6.42 Å². The van der Waals surface area contributed by atoms with Crippen molar-refractivity contribution in [1.29, 1.82) is 0 Å². The number of pyridine rings is 1. The van der Waals surface area contributed by atoms with Gasteiger partial charge < -0.3 is 14.7 Å². The predicted octanol–water partition coefficient (Wildman–Crippen LogP) is 2.34. The van der Waals surface area contributed by atoms with Crippen molar-refractivity contribution < 1.29 is 4.52 Å². The van der Waals surface area contributed by atoms with Crippen molar-refractivity contribution in [3.63, 3.8) is 0 Å². The summed E-state index contributed by atoms with van der Waals surface area (Å²) in [5.74, 6) is 2.09. The van der Waals surface area contributed by atoms with E-state index in [0.717, 1.165) is 55.4 Å². The van der Waals surface area contributed by atoms with Crippen LogP contribution in [-0.4, -0.2) is 50.8 Å². The van der Waals surface area contributed by atoms with Gasteiger partial charge in [-0.1, -0.05) is 5.16 Å². The summed E-state index contributed by atoms with van der Waals surface area (Å²) in [6.45, 7) is 6.78. The molecule has 0 spiro atoms. The highest BCUT2D eigenvalue weighted by molar-refractivity contribution is 5.51. The average molecular weight is 379 g/mol. The molecule has 4 rings (SSSR count). The topological polar surface area (TPSA) is 92.9 Å². The molecule has 3 aromatic heterocycles. The van der Waals surface area contributed by atoms with Gasteiger partial charge in [0.1, 0.15) is 0 Å². The fraction of sp³-hybridized carbons (Fsp3) is 0.450. The largest absolute Gasteiger partial charge is 0.341 e. The molecule has 1 N–H and O–H groups in total. The molecular weight excluding hydrogens is 354 g/mol. The van der Waals surface area contributed by atoms with Crippen LogP contribution in [0.25, 0.3) is 11.4 Å². The zero-order chi connectivity index (χ0) is 19.3. The van der Waals surface area contributed by atoms with Gasteiger partial charge in [-0.15, -0.1) is 0 Å². The van der Waals surface area contributed by atoms with Gasteiger partial charge in [0.15, 0.2) is 0 Å². The van der Waals surface area contributed by atoms with Crippen LogP contribution in [0.2, 0.25) is 0 Å². The Balaban J connectivity index is 1.23. The van der Waals surface area contributed by atoms with Gasteiger partial charge in [-0.05, 0) is 44.9 Å². The SMILES string of the molecule is Cc1cc(C)nc(N2CCC(NCCc3nc(-c4cccnc4)no3)CC2)n1. The number of anilines is 1. The van der Waals surface area contributed by atoms with E-state index in [1.807, 2.05) is 32.0 Å². The van der Waals surface area contributed by atoms with Crippen LogP contribution in [0.1, 0.15) is 30.1 Å². The first-order chi connectivity index (χ1) is 13.7. The summed E-state index contributed by atoms with van der Waals surface area (Å²) in [5, 5.41) is 7.64. The van der Waals surface area contributed by atoms with E-state index in [1.54, 1.807) is 12.4 Å². The lowest BCUT2D eigenvalue weighted by Crippen LogP contribution is -2.43. The first-order valence-electron chi connectivity index (χ1n) is 9.71. The van der Waals surface area contributed by atoms with Gasteiger partial charge in [0.2, 0.25) is 17.7 Å². The fourth-order valence-electron chi connectivity index (χ4n) is 3.48. The number of nitrogens with one attached hydrogen (secondary N) is 1. The zero-order valence-corrected chi connectivity index (χ0v) is 16.3. The van der Waals surface area contributed by atoms with Crippen molar-refractivity contribution in [2.75, 3.05) is 24.5 Å². The Morgan fingerprint density at radius 1 is 1.14 bits per heavy atom. The molecule has 0 saturated carbocycles. The van der Waals surface area contributed by atoms with Gasteiger partial charge in [0, 0.05) is 61.4 Å². The first-order valence-corrected chi connectivity index (χ1v) is 9.71. The standard InChI is InChI=1S/C20H25N7O/c1-14-12-15(2)24-20(23-14)27-10-6-17(7-11-27)22-9-5-18-25-19(26-28-18)16-4-3-8-21-13-16/h3-4,8,12-13,17,22H,5-7,9-11H2,1-2H3. The van der Waals surface area contributed by atoms with Crippen molar-refractivity contribution in [2.45, 2.75) is 39.2 Å². The van der Waals surface area contributed by atoms with E-state index >= 15 is 0 Å². The highest BCUT2D eigenvalue weighted by Gasteiger charge is 2.21. The number of hydrogen-bond acceptors (Lipinski definition) is 8. The van der Waals surface area contributed by atoms with Crippen LogP contribution in [0.5, 0.6) is 0 Å². The van der Waals surface area contributed by atoms with Crippen molar-refractivity contribution in [3.05, 3.63) is 47.9 Å². The summed E-state index contributed by atoms with van der Waals surface area (Å²) in [4.78, 5) is 20.0. The lowest BCUT2D eigenvalue weighted by Gasteiger charge is -2.32. The van der Waals surface area contributed by atoms with Gasteiger partial charge >= 0.3 is 0 Å². The molecule has 1 fully saturated rings. The number of aromatic nitrogens is 5. The number of aryl methyl sites for hydroxylation is 2. The Hall–Kier alpha value is -2.87. The van der Waals surface area contributed by atoms with Gasteiger partial charge in [-0.3, -0.25) is 4.98 Å². The van der Waals surface area contributed by atoms with Crippen molar-refractivity contribution in [1.82, 2.24) is 30.4 Å². The minimum absolute atomic E-state index is 0.489. The molecule has 0 radical (unpaired) electrons. The Labute approximate surface area is 164 Å². The van der Waals surface area contributed by atoms with E-state index in [-0.39, 0.29) is 0 Å². The normalized spacial score (nSPS) is 15.1. The first kappa shape index (κ1) is 18.5. The molecule has 0 bridgehead atoms. The molecule has 4 heterocycles. The van der Waals surface area contributed by atoms with Crippen LogP contribution >= 0.6 is 0 Å². The summed E-state index contributed by atoms with van der Waals surface area (Å²) < 4.78 is 5.35. The van der Waals surface area contributed by atoms with E-state index in [2.05, 4.69) is 35.3 Å². The smallest absolute Gasteiger partial charge is 0.228 e. The Morgan fingerprint density at radius 2 is 1.93 bits per heavy atom. The number of piperidine rings is 1. The highest BCUT2D eigenvalue weighted by Crippen LogP contribution is 2.17. The highest BCUT2D eigenvalue weighted by atomic mass is 16.5. The summed E-state index contributed by atoms with van der Waals surface area (Å²) in [5.41, 5.74) is 2.91. The molecule has 0 amide bonds. The lowest BCUT2D eigenvalue weighted by atomic mass is 10.1. The summed E-state index contributed by atoms with van der Waals surface area (Å²) in [7, 11) is 0. The van der Waals surface area contributed by atoms with E-state index < -0.39 is 0 Å². The molecule has 3 aromatic rings. The van der Waals surface area contributed by atoms with Gasteiger partial charge in [0.05, 0.1) is 0 Å². The Kier molecular flexibility index (Phi) is 5.57. The van der Waals surface area contributed by atoms with Crippen molar-refractivity contribution in [2.24, 2.45) is 0 Å². The maximum Gasteiger partial charge on any atom is 0.228 e. The van der Waals surface area contributed by atoms with Gasteiger partial charge in [0.25, 0.3) is 0 Å². The number of nitrogens with zero attached hydrogens (tertiary/aromatic N) is 6. The summed E-state index contributed by atoms with van der Waals surface area (Å²) in [6.07, 6.45) is 6.32. The number of rotatable bonds is 6. The third-order valence-electron chi connectivity index (χ3n) is 4.91. The van der Waals surface area contributed by atoms with E-state index in [0.29, 0.717) is 24.2 Å². The van der Waals surface area contributed by atoms with Crippen LogP contribution in [0.4, 0.5) is 5.95 Å². The van der Waals surface area contributed by atoms with E-state index in [9.17, 15) is 0 Å². The van der Waals surface area contributed by atoms with E-state index in [4.69, 9.17) is 4.52 Å². The molecule has 0 atom stereocenters. The molecule has 8 heteroatoms. The van der Waals surface area contributed by atoms with Gasteiger partial charge in [-0.25, -0.2) is 9.97 Å². The van der Waals surface area contributed by atoms with E-state index in [1.165, 1.54) is 0 Å². The third kappa shape index (κ3) is 4.51. The molecule has 146 valence electrons. The summed E-state index contributed by atoms with van der Waals surface area (Å²) in [6, 6.07) is 6.28. The zero-order valence-electron chi connectivity index (χ0n) is 16.3. The Morgan fingerprint density at radius 3 is 2.64 bits per heavy atom. The number of hydrogen-bond donors (Lipinski definition) is 1. The molecule has 1 saturated heterocycles. The van der Waals surface area contributed by atoms with Crippen LogP contribution in [0.3, 0.4) is 0 Å². The van der Waals surface area contributed by atoms with Crippen LogP contribution < -0.4 is 10.2 Å². The minimum atomic E-state index is 0.489. The second kappa shape index (κ2) is 8.43. The molecule has 1 aliphatic rings. The molecule has 28 heavy (non-hydrogen) atoms. The summed E-state index contributed by atoms with van der Waals surface area (Å²) >= 11 is 0. The van der Waals surface area contributed by atoms with Crippen LogP contribution in [0.15, 0.2) is 35.1 Å². The second-order valence-corrected chi connectivity index (χ2v) is 7.17. The van der Waals surface area contributed by atoms with Gasteiger partial charge in [-0.2, -0.15) is 4.98 Å². The maximum atomic E-state index is 5.35. The minimum Gasteiger partial charge on any atom is -0.341 e. The Bertz CT molecular complexity index is 884. The monoisotopic (exact) mass is 379 g/mol. The maximum absolute atomic E-state index is 5.35. The van der Waals surface area contributed by atoms with Crippen LogP contribution in [0, 0.1) is 13.8 Å². The predicted molar refractivity (Wildman–Crippen MR) is 106 cm³/mol. The molecule has 0 aromatic carbocycles. The molecule has 1 aliphatic heterocycles.